The van der Waals surface area contributed by atoms with E-state index in [1.807, 2.05) is 0 Å². The van der Waals surface area contributed by atoms with Crippen LogP contribution in [-0.2, 0) is 9.53 Å². The molecular weight excluding hydrogens is 435 g/mol. The van der Waals surface area contributed by atoms with Gasteiger partial charge < -0.3 is 9.47 Å². The number of rotatable bonds is 6. The summed E-state index contributed by atoms with van der Waals surface area (Å²) in [5.41, 5.74) is 1.84. The maximum Gasteiger partial charge on any atom is 0.338 e. The third-order valence-electron chi connectivity index (χ3n) is 3.75. The number of thiazole rings is 1. The number of amides is 1. The Hall–Kier alpha value is -2.35. The minimum absolute atomic E-state index is 0.202. The zero-order valence-electron chi connectivity index (χ0n) is 15.9. The summed E-state index contributed by atoms with van der Waals surface area (Å²) in [5.74, 6) is -0.373. The highest BCUT2D eigenvalue weighted by molar-refractivity contribution is 7.22. The van der Waals surface area contributed by atoms with Crippen molar-refractivity contribution in [2.75, 3.05) is 11.9 Å². The van der Waals surface area contributed by atoms with Crippen LogP contribution in [0.5, 0.6) is 5.75 Å². The van der Waals surface area contributed by atoms with Gasteiger partial charge in [0.15, 0.2) is 11.7 Å². The molecule has 0 radical (unpaired) electrons. The smallest absolute Gasteiger partial charge is 0.338 e. The lowest BCUT2D eigenvalue weighted by molar-refractivity contribution is -0.118. The molecule has 0 unspecified atom stereocenters. The summed E-state index contributed by atoms with van der Waals surface area (Å²) < 4.78 is 11.5. The summed E-state index contributed by atoms with van der Waals surface area (Å²) in [6.07, 6.45) is -0.202. The molecule has 0 atom stereocenters. The lowest BCUT2D eigenvalue weighted by Crippen LogP contribution is -2.20. The number of aryl methyl sites for hydroxylation is 1. The fourth-order valence-corrected chi connectivity index (χ4v) is 4.12. The normalized spacial score (nSPS) is 11.0. The Morgan fingerprint density at radius 1 is 1.21 bits per heavy atom. The van der Waals surface area contributed by atoms with Crippen LogP contribution in [0, 0.1) is 6.92 Å². The molecule has 0 aliphatic carbocycles. The van der Waals surface area contributed by atoms with Crippen LogP contribution >= 0.6 is 34.5 Å². The molecule has 1 heterocycles. The summed E-state index contributed by atoms with van der Waals surface area (Å²) >= 11 is 13.3. The van der Waals surface area contributed by atoms with Crippen LogP contribution in [-0.4, -0.2) is 29.6 Å². The number of hydrogen-bond acceptors (Lipinski definition) is 6. The number of anilines is 1. The summed E-state index contributed by atoms with van der Waals surface area (Å²) in [6.45, 7) is 5.14. The largest absolute Gasteiger partial charge is 0.482 e. The molecule has 0 bridgehead atoms. The van der Waals surface area contributed by atoms with Crippen LogP contribution in [0.2, 0.25) is 10.0 Å². The zero-order chi connectivity index (χ0) is 21.1. The van der Waals surface area contributed by atoms with E-state index in [0.29, 0.717) is 32.0 Å². The van der Waals surface area contributed by atoms with Crippen molar-refractivity contribution in [3.63, 3.8) is 0 Å². The molecule has 6 nitrogen and oxygen atoms in total. The molecule has 0 aliphatic rings. The number of benzene rings is 2. The first-order chi connectivity index (χ1) is 13.7. The predicted octanol–water partition coefficient (Wildman–Crippen LogP) is 5.49. The third kappa shape index (κ3) is 5.38. The lowest BCUT2D eigenvalue weighted by Gasteiger charge is -2.10. The number of halogens is 2. The van der Waals surface area contributed by atoms with Gasteiger partial charge in [-0.15, -0.1) is 0 Å². The first kappa shape index (κ1) is 21.4. The number of aromatic nitrogens is 1. The van der Waals surface area contributed by atoms with Crippen molar-refractivity contribution in [3.05, 3.63) is 51.5 Å². The molecule has 3 rings (SSSR count). The van der Waals surface area contributed by atoms with E-state index >= 15 is 0 Å². The molecule has 0 saturated carbocycles. The molecular formula is C20H18Cl2N2O4S. The summed E-state index contributed by atoms with van der Waals surface area (Å²) in [4.78, 5) is 28.6. The van der Waals surface area contributed by atoms with Crippen molar-refractivity contribution < 1.29 is 19.1 Å². The highest BCUT2D eigenvalue weighted by Crippen LogP contribution is 2.32. The van der Waals surface area contributed by atoms with Crippen molar-refractivity contribution >= 4 is 61.8 Å². The van der Waals surface area contributed by atoms with Gasteiger partial charge in [-0.1, -0.05) is 34.5 Å². The minimum Gasteiger partial charge on any atom is -0.482 e. The average Bonchev–Trinajstić information content (AvgIpc) is 3.01. The molecule has 0 spiro atoms. The molecule has 29 heavy (non-hydrogen) atoms. The second-order valence-corrected chi connectivity index (χ2v) is 8.40. The number of nitrogens with one attached hydrogen (secondary N) is 1. The van der Waals surface area contributed by atoms with E-state index in [-0.39, 0.29) is 18.6 Å². The van der Waals surface area contributed by atoms with E-state index in [0.717, 1.165) is 10.3 Å². The maximum absolute atomic E-state index is 12.2. The van der Waals surface area contributed by atoms with Crippen LogP contribution in [0.1, 0.15) is 29.8 Å². The van der Waals surface area contributed by atoms with Gasteiger partial charge in [0.2, 0.25) is 0 Å². The Bertz CT molecular complexity index is 1060. The summed E-state index contributed by atoms with van der Waals surface area (Å²) in [6, 6.07) is 8.31. The number of hydrogen-bond donors (Lipinski definition) is 1. The summed E-state index contributed by atoms with van der Waals surface area (Å²) in [5, 5.41) is 3.93. The molecule has 0 fully saturated rings. The van der Waals surface area contributed by atoms with Crippen molar-refractivity contribution in [2.45, 2.75) is 26.9 Å². The Morgan fingerprint density at radius 3 is 2.66 bits per heavy atom. The van der Waals surface area contributed by atoms with Gasteiger partial charge in [-0.2, -0.15) is 0 Å². The molecule has 1 N–H and O–H groups in total. The van der Waals surface area contributed by atoms with Crippen LogP contribution in [0.4, 0.5) is 5.13 Å². The molecule has 1 amide bonds. The SMILES string of the molecule is Cc1cc(Cl)cc(Cl)c1OCC(=O)Nc1nc2ccc(C(=O)OC(C)C)cc2s1. The molecule has 9 heteroatoms. The highest BCUT2D eigenvalue weighted by Gasteiger charge is 2.14. The number of carbonyl (C=O) groups excluding carboxylic acids is 2. The molecule has 1 aromatic heterocycles. The fraction of sp³-hybridized carbons (Fsp3) is 0.250. The van der Waals surface area contributed by atoms with Crippen LogP contribution in [0.25, 0.3) is 10.2 Å². The molecule has 0 saturated heterocycles. The third-order valence-corrected chi connectivity index (χ3v) is 5.19. The van der Waals surface area contributed by atoms with E-state index in [2.05, 4.69) is 10.3 Å². The molecule has 152 valence electrons. The zero-order valence-corrected chi connectivity index (χ0v) is 18.2. The van der Waals surface area contributed by atoms with E-state index in [1.54, 1.807) is 51.1 Å². The Kier molecular flexibility index (Phi) is 6.62. The van der Waals surface area contributed by atoms with Gasteiger partial charge in [-0.25, -0.2) is 9.78 Å². The van der Waals surface area contributed by atoms with Crippen LogP contribution in [0.3, 0.4) is 0 Å². The Balaban J connectivity index is 1.67. The number of nitrogens with zero attached hydrogens (tertiary/aromatic N) is 1. The van der Waals surface area contributed by atoms with Gasteiger partial charge in [0.05, 0.1) is 26.9 Å². The maximum atomic E-state index is 12.2. The predicted molar refractivity (Wildman–Crippen MR) is 115 cm³/mol. The van der Waals surface area contributed by atoms with E-state index < -0.39 is 5.97 Å². The monoisotopic (exact) mass is 452 g/mol. The first-order valence-electron chi connectivity index (χ1n) is 8.73. The molecule has 3 aromatic rings. The van der Waals surface area contributed by atoms with Gasteiger partial charge in [0, 0.05) is 5.02 Å². The first-order valence-corrected chi connectivity index (χ1v) is 10.3. The van der Waals surface area contributed by atoms with Gasteiger partial charge in [-0.3, -0.25) is 10.1 Å². The lowest BCUT2D eigenvalue weighted by atomic mass is 10.2. The van der Waals surface area contributed by atoms with Crippen molar-refractivity contribution in [3.8, 4) is 5.75 Å². The minimum atomic E-state index is -0.399. The molecule has 2 aromatic carbocycles. The second kappa shape index (κ2) is 8.98. The Labute approximate surface area is 181 Å². The van der Waals surface area contributed by atoms with E-state index in [1.165, 1.54) is 11.3 Å². The topological polar surface area (TPSA) is 77.5 Å². The van der Waals surface area contributed by atoms with Gasteiger partial charge in [0.25, 0.3) is 5.91 Å². The standard InChI is InChI=1S/C20H18Cl2N2O4S/c1-10(2)28-19(26)12-4-5-15-16(7-12)29-20(23-15)24-17(25)9-27-18-11(3)6-13(21)8-14(18)22/h4-8,10H,9H2,1-3H3,(H,23,24,25). The quantitative estimate of drug-likeness (QED) is 0.499. The van der Waals surface area contributed by atoms with E-state index in [4.69, 9.17) is 32.7 Å². The van der Waals surface area contributed by atoms with E-state index in [9.17, 15) is 9.59 Å². The van der Waals surface area contributed by atoms with Crippen molar-refractivity contribution in [2.24, 2.45) is 0 Å². The fourth-order valence-electron chi connectivity index (χ4n) is 2.55. The highest BCUT2D eigenvalue weighted by atomic mass is 35.5. The van der Waals surface area contributed by atoms with Gasteiger partial charge in [0.1, 0.15) is 5.75 Å². The molecule has 0 aliphatic heterocycles. The number of fused-ring (bicyclic) bond motifs is 1. The van der Waals surface area contributed by atoms with Crippen LogP contribution in [0.15, 0.2) is 30.3 Å². The number of esters is 1. The van der Waals surface area contributed by atoms with Crippen LogP contribution < -0.4 is 10.1 Å². The second-order valence-electron chi connectivity index (χ2n) is 6.53. The Morgan fingerprint density at radius 2 is 1.97 bits per heavy atom. The van der Waals surface area contributed by atoms with Crippen molar-refractivity contribution in [1.82, 2.24) is 4.98 Å². The van der Waals surface area contributed by atoms with Gasteiger partial charge in [-0.05, 0) is 56.7 Å². The van der Waals surface area contributed by atoms with Gasteiger partial charge >= 0.3 is 5.97 Å². The summed E-state index contributed by atoms with van der Waals surface area (Å²) in [7, 11) is 0. The number of ether oxygens (including phenoxy) is 2. The average molecular weight is 453 g/mol. The number of carbonyl (C=O) groups is 2. The van der Waals surface area contributed by atoms with Crippen molar-refractivity contribution in [1.29, 1.82) is 0 Å².